The van der Waals surface area contributed by atoms with E-state index in [1.54, 1.807) is 0 Å². The highest BCUT2D eigenvalue weighted by molar-refractivity contribution is 7.10. The molecule has 0 radical (unpaired) electrons. The number of hydrogen-bond donors (Lipinski definition) is 1. The van der Waals surface area contributed by atoms with Crippen LogP contribution in [0.4, 0.5) is 0 Å². The van der Waals surface area contributed by atoms with Gasteiger partial charge in [0.15, 0.2) is 0 Å². The number of likely N-dealkylation sites (N-methyl/N-ethyl adjacent to an activating group) is 1. The summed E-state index contributed by atoms with van der Waals surface area (Å²) in [5.41, 5.74) is 4.13. The lowest BCUT2D eigenvalue weighted by atomic mass is 10.00. The molecule has 0 fully saturated rings. The first-order valence-corrected chi connectivity index (χ1v) is 6.85. The van der Waals surface area contributed by atoms with Gasteiger partial charge < -0.3 is 5.32 Å². The van der Waals surface area contributed by atoms with Crippen LogP contribution in [-0.2, 0) is 6.42 Å². The van der Waals surface area contributed by atoms with Crippen molar-refractivity contribution in [2.45, 2.75) is 26.3 Å². The molecule has 1 atom stereocenters. The quantitative estimate of drug-likeness (QED) is 0.862. The minimum absolute atomic E-state index is 0.418. The minimum atomic E-state index is 0.418. The Kier molecular flexibility index (Phi) is 3.97. The van der Waals surface area contributed by atoms with Crippen molar-refractivity contribution in [3.05, 3.63) is 57.3 Å². The summed E-state index contributed by atoms with van der Waals surface area (Å²) < 4.78 is 0. The van der Waals surface area contributed by atoms with Crippen molar-refractivity contribution >= 4 is 11.3 Å². The van der Waals surface area contributed by atoms with Gasteiger partial charge in [0.2, 0.25) is 0 Å². The van der Waals surface area contributed by atoms with Gasteiger partial charge in [-0.1, -0.05) is 29.8 Å². The number of benzene rings is 1. The highest BCUT2D eigenvalue weighted by atomic mass is 32.1. The molecule has 1 unspecified atom stereocenters. The van der Waals surface area contributed by atoms with Gasteiger partial charge in [0, 0.05) is 10.9 Å². The average Bonchev–Trinajstić information content (AvgIpc) is 2.73. The van der Waals surface area contributed by atoms with E-state index in [2.05, 4.69) is 54.9 Å². The van der Waals surface area contributed by atoms with Gasteiger partial charge in [-0.25, -0.2) is 0 Å². The molecule has 0 aliphatic rings. The van der Waals surface area contributed by atoms with E-state index in [-0.39, 0.29) is 0 Å². The zero-order valence-electron chi connectivity index (χ0n) is 10.7. The fourth-order valence-electron chi connectivity index (χ4n) is 2.11. The van der Waals surface area contributed by atoms with Gasteiger partial charge in [0.25, 0.3) is 0 Å². The topological polar surface area (TPSA) is 12.0 Å². The van der Waals surface area contributed by atoms with Crippen LogP contribution in [0.3, 0.4) is 0 Å². The van der Waals surface area contributed by atoms with Crippen molar-refractivity contribution in [2.24, 2.45) is 0 Å². The molecular formula is C15H19NS. The molecule has 1 N–H and O–H groups in total. The van der Waals surface area contributed by atoms with E-state index < -0.39 is 0 Å². The molecule has 2 rings (SSSR count). The van der Waals surface area contributed by atoms with Crippen LogP contribution < -0.4 is 5.32 Å². The van der Waals surface area contributed by atoms with Crippen molar-refractivity contribution in [1.82, 2.24) is 5.32 Å². The van der Waals surface area contributed by atoms with E-state index in [0.29, 0.717) is 6.04 Å². The maximum Gasteiger partial charge on any atom is 0.0366 e. The second kappa shape index (κ2) is 5.48. The van der Waals surface area contributed by atoms with Crippen molar-refractivity contribution in [1.29, 1.82) is 0 Å². The highest BCUT2D eigenvalue weighted by Gasteiger charge is 2.11. The number of thiophene rings is 1. The summed E-state index contributed by atoms with van der Waals surface area (Å²) in [4.78, 5) is 1.38. The van der Waals surface area contributed by atoms with Crippen molar-refractivity contribution in [2.75, 3.05) is 7.05 Å². The second-order valence-electron chi connectivity index (χ2n) is 4.53. The first-order valence-electron chi connectivity index (χ1n) is 5.97. The number of hydrogen-bond acceptors (Lipinski definition) is 2. The summed E-state index contributed by atoms with van der Waals surface area (Å²) >= 11 is 1.82. The van der Waals surface area contributed by atoms with Gasteiger partial charge in [-0.15, -0.1) is 11.3 Å². The summed E-state index contributed by atoms with van der Waals surface area (Å²) in [5, 5.41) is 5.66. The van der Waals surface area contributed by atoms with Crippen LogP contribution in [0.1, 0.15) is 27.6 Å². The molecule has 0 aliphatic carbocycles. The third-order valence-electron chi connectivity index (χ3n) is 3.02. The van der Waals surface area contributed by atoms with Gasteiger partial charge in [0.05, 0.1) is 0 Å². The zero-order chi connectivity index (χ0) is 12.3. The number of rotatable bonds is 4. The standard InChI is InChI=1S/C15H19NS/c1-11-5-4-6-13(7-11)9-15(16-3)14-8-12(2)17-10-14/h4-8,10,15-16H,9H2,1-3H3. The number of nitrogens with one attached hydrogen (secondary N) is 1. The van der Waals surface area contributed by atoms with Crippen LogP contribution in [0.25, 0.3) is 0 Å². The molecule has 0 saturated carbocycles. The molecule has 0 amide bonds. The minimum Gasteiger partial charge on any atom is -0.313 e. The second-order valence-corrected chi connectivity index (χ2v) is 5.64. The monoisotopic (exact) mass is 245 g/mol. The van der Waals surface area contributed by atoms with Crippen LogP contribution in [-0.4, -0.2) is 7.05 Å². The first-order chi connectivity index (χ1) is 8.19. The van der Waals surface area contributed by atoms with Crippen LogP contribution in [0.15, 0.2) is 35.7 Å². The molecule has 1 heterocycles. The molecule has 17 heavy (non-hydrogen) atoms. The Labute approximate surface area is 108 Å². The first kappa shape index (κ1) is 12.3. The normalized spacial score (nSPS) is 12.6. The molecule has 0 spiro atoms. The molecule has 1 aromatic carbocycles. The Hall–Kier alpha value is -1.12. The van der Waals surface area contributed by atoms with Crippen LogP contribution in [0.5, 0.6) is 0 Å². The molecule has 0 saturated heterocycles. The summed E-state index contributed by atoms with van der Waals surface area (Å²) in [5.74, 6) is 0. The highest BCUT2D eigenvalue weighted by Crippen LogP contribution is 2.23. The molecule has 1 aromatic heterocycles. The molecule has 0 bridgehead atoms. The molecule has 1 nitrogen and oxygen atoms in total. The van der Waals surface area contributed by atoms with Gasteiger partial charge in [-0.05, 0) is 49.9 Å². The smallest absolute Gasteiger partial charge is 0.0366 e. The lowest BCUT2D eigenvalue weighted by molar-refractivity contribution is 0.593. The van der Waals surface area contributed by atoms with Gasteiger partial charge in [0.1, 0.15) is 0 Å². The Balaban J connectivity index is 2.15. The average molecular weight is 245 g/mol. The van der Waals surface area contributed by atoms with E-state index in [1.807, 2.05) is 18.4 Å². The third-order valence-corrected chi connectivity index (χ3v) is 3.90. The third kappa shape index (κ3) is 3.18. The molecular weight excluding hydrogens is 226 g/mol. The zero-order valence-corrected chi connectivity index (χ0v) is 11.5. The van der Waals surface area contributed by atoms with Crippen LogP contribution >= 0.6 is 11.3 Å². The summed E-state index contributed by atoms with van der Waals surface area (Å²) in [6, 6.07) is 11.5. The van der Waals surface area contributed by atoms with Gasteiger partial charge >= 0.3 is 0 Å². The maximum atomic E-state index is 3.41. The largest absolute Gasteiger partial charge is 0.313 e. The van der Waals surface area contributed by atoms with Crippen molar-refractivity contribution in [3.63, 3.8) is 0 Å². The van der Waals surface area contributed by atoms with Crippen molar-refractivity contribution in [3.8, 4) is 0 Å². The van der Waals surface area contributed by atoms with E-state index in [1.165, 1.54) is 21.6 Å². The van der Waals surface area contributed by atoms with Gasteiger partial charge in [-0.2, -0.15) is 0 Å². The fourth-order valence-corrected chi connectivity index (χ4v) is 2.87. The molecule has 2 heteroatoms. The van der Waals surface area contributed by atoms with Gasteiger partial charge in [-0.3, -0.25) is 0 Å². The Bertz CT molecular complexity index is 487. The maximum absolute atomic E-state index is 3.41. The SMILES string of the molecule is CNC(Cc1cccc(C)c1)c1csc(C)c1. The van der Waals surface area contributed by atoms with E-state index in [0.717, 1.165) is 6.42 Å². The fraction of sp³-hybridized carbons (Fsp3) is 0.333. The van der Waals surface area contributed by atoms with E-state index >= 15 is 0 Å². The van der Waals surface area contributed by atoms with Crippen molar-refractivity contribution < 1.29 is 0 Å². The Morgan fingerprint density at radius 2 is 2.06 bits per heavy atom. The molecule has 2 aromatic rings. The predicted molar refractivity (Wildman–Crippen MR) is 75.7 cm³/mol. The Morgan fingerprint density at radius 1 is 1.24 bits per heavy atom. The molecule has 90 valence electrons. The summed E-state index contributed by atoms with van der Waals surface area (Å²) in [6.07, 6.45) is 1.05. The predicted octanol–water partition coefficient (Wildman–Crippen LogP) is 3.87. The van der Waals surface area contributed by atoms with E-state index in [4.69, 9.17) is 0 Å². The lowest BCUT2D eigenvalue weighted by Crippen LogP contribution is -2.18. The Morgan fingerprint density at radius 3 is 2.65 bits per heavy atom. The summed E-state index contributed by atoms with van der Waals surface area (Å²) in [6.45, 7) is 4.31. The molecule has 0 aliphatic heterocycles. The van der Waals surface area contributed by atoms with Crippen LogP contribution in [0.2, 0.25) is 0 Å². The number of aryl methyl sites for hydroxylation is 2. The lowest BCUT2D eigenvalue weighted by Gasteiger charge is -2.15. The van der Waals surface area contributed by atoms with E-state index in [9.17, 15) is 0 Å². The summed E-state index contributed by atoms with van der Waals surface area (Å²) in [7, 11) is 2.04. The van der Waals surface area contributed by atoms with Crippen LogP contribution in [0, 0.1) is 13.8 Å².